The van der Waals surface area contributed by atoms with Crippen LogP contribution in [-0.2, 0) is 13.6 Å². The molecule has 2 rings (SSSR count). The fourth-order valence-electron chi connectivity index (χ4n) is 1.83. The number of rotatable bonds is 5. The van der Waals surface area contributed by atoms with Crippen molar-refractivity contribution < 1.29 is 9.47 Å². The lowest BCUT2D eigenvalue weighted by atomic mass is 10.2. The van der Waals surface area contributed by atoms with Gasteiger partial charge in [0.05, 0.1) is 20.4 Å². The van der Waals surface area contributed by atoms with Crippen LogP contribution in [0.3, 0.4) is 0 Å². The van der Waals surface area contributed by atoms with E-state index in [0.29, 0.717) is 6.54 Å². The number of hydrogen-bond donors (Lipinski definition) is 1. The Hall–Kier alpha value is -2.17. The van der Waals surface area contributed by atoms with Crippen LogP contribution in [0.25, 0.3) is 0 Å². The first-order chi connectivity index (χ1) is 8.76. The molecule has 1 aromatic heterocycles. The quantitative estimate of drug-likeness (QED) is 0.878. The monoisotopic (exact) mass is 247 g/mol. The van der Waals surface area contributed by atoms with Crippen LogP contribution in [-0.4, -0.2) is 24.0 Å². The van der Waals surface area contributed by atoms with Gasteiger partial charge in [0.25, 0.3) is 0 Å². The molecular weight excluding hydrogens is 230 g/mol. The highest BCUT2D eigenvalue weighted by atomic mass is 16.5. The topological polar surface area (TPSA) is 48.3 Å². The largest absolute Gasteiger partial charge is 0.493 e. The second kappa shape index (κ2) is 5.44. The fraction of sp³-hybridized carbons (Fsp3) is 0.308. The Kier molecular flexibility index (Phi) is 3.72. The summed E-state index contributed by atoms with van der Waals surface area (Å²) in [5.41, 5.74) is 1.04. The SMILES string of the molecule is COc1cccc(CNc2ccnn2C)c1OC. The maximum Gasteiger partial charge on any atom is 0.165 e. The second-order valence-corrected chi connectivity index (χ2v) is 3.85. The van der Waals surface area contributed by atoms with Crippen molar-refractivity contribution in [2.75, 3.05) is 19.5 Å². The molecule has 5 heteroatoms. The average Bonchev–Trinajstić information content (AvgIpc) is 2.81. The van der Waals surface area contributed by atoms with Crippen LogP contribution in [0.2, 0.25) is 0 Å². The van der Waals surface area contributed by atoms with Gasteiger partial charge in [-0.1, -0.05) is 12.1 Å². The molecule has 2 aromatic rings. The Morgan fingerprint density at radius 2 is 2.06 bits per heavy atom. The lowest BCUT2D eigenvalue weighted by molar-refractivity contribution is 0.352. The summed E-state index contributed by atoms with van der Waals surface area (Å²) < 4.78 is 12.4. The zero-order valence-corrected chi connectivity index (χ0v) is 10.8. The fourth-order valence-corrected chi connectivity index (χ4v) is 1.83. The molecule has 0 bridgehead atoms. The van der Waals surface area contributed by atoms with Crippen molar-refractivity contribution in [3.05, 3.63) is 36.0 Å². The van der Waals surface area contributed by atoms with Crippen LogP contribution in [0.1, 0.15) is 5.56 Å². The third kappa shape index (κ3) is 2.40. The standard InChI is InChI=1S/C13H17N3O2/c1-16-12(7-8-15-16)14-9-10-5-4-6-11(17-2)13(10)18-3/h4-8,14H,9H2,1-3H3. The van der Waals surface area contributed by atoms with Crippen LogP contribution in [0, 0.1) is 0 Å². The van der Waals surface area contributed by atoms with Crippen molar-refractivity contribution in [1.82, 2.24) is 9.78 Å². The number of hydrogen-bond acceptors (Lipinski definition) is 4. The summed E-state index contributed by atoms with van der Waals surface area (Å²) in [4.78, 5) is 0. The first-order valence-corrected chi connectivity index (χ1v) is 5.68. The van der Waals surface area contributed by atoms with E-state index in [9.17, 15) is 0 Å². The van der Waals surface area contributed by atoms with Gasteiger partial charge in [-0.15, -0.1) is 0 Å². The summed E-state index contributed by atoms with van der Waals surface area (Å²) in [6.45, 7) is 0.653. The molecule has 18 heavy (non-hydrogen) atoms. The number of nitrogens with zero attached hydrogens (tertiary/aromatic N) is 2. The van der Waals surface area contributed by atoms with Gasteiger partial charge >= 0.3 is 0 Å². The molecule has 0 aliphatic heterocycles. The van der Waals surface area contributed by atoms with Crippen molar-refractivity contribution in [3.8, 4) is 11.5 Å². The van der Waals surface area contributed by atoms with Crippen molar-refractivity contribution >= 4 is 5.82 Å². The highest BCUT2D eigenvalue weighted by molar-refractivity contribution is 5.48. The Bertz CT molecular complexity index is 523. The average molecular weight is 247 g/mol. The van der Waals surface area contributed by atoms with E-state index in [4.69, 9.17) is 9.47 Å². The lowest BCUT2D eigenvalue weighted by Crippen LogP contribution is -2.06. The van der Waals surface area contributed by atoms with Crippen LogP contribution in [0.5, 0.6) is 11.5 Å². The van der Waals surface area contributed by atoms with E-state index in [-0.39, 0.29) is 0 Å². The zero-order chi connectivity index (χ0) is 13.0. The Balaban J connectivity index is 2.16. The smallest absolute Gasteiger partial charge is 0.165 e. The molecule has 1 aromatic carbocycles. The van der Waals surface area contributed by atoms with Gasteiger partial charge in [0, 0.05) is 25.2 Å². The molecule has 0 saturated carbocycles. The van der Waals surface area contributed by atoms with E-state index >= 15 is 0 Å². The molecule has 0 aliphatic rings. The van der Waals surface area contributed by atoms with E-state index in [1.165, 1.54) is 0 Å². The highest BCUT2D eigenvalue weighted by Gasteiger charge is 2.09. The van der Waals surface area contributed by atoms with Gasteiger partial charge < -0.3 is 14.8 Å². The lowest BCUT2D eigenvalue weighted by Gasteiger charge is -2.13. The number of aryl methyl sites for hydroxylation is 1. The molecule has 96 valence electrons. The second-order valence-electron chi connectivity index (χ2n) is 3.85. The molecule has 5 nitrogen and oxygen atoms in total. The molecule has 1 N–H and O–H groups in total. The van der Waals surface area contributed by atoms with Crippen LogP contribution < -0.4 is 14.8 Å². The Labute approximate surface area is 106 Å². The molecule has 1 heterocycles. The highest BCUT2D eigenvalue weighted by Crippen LogP contribution is 2.30. The van der Waals surface area contributed by atoms with Gasteiger partial charge in [-0.05, 0) is 6.07 Å². The van der Waals surface area contributed by atoms with Crippen LogP contribution in [0.15, 0.2) is 30.5 Å². The summed E-state index contributed by atoms with van der Waals surface area (Å²) in [6.07, 6.45) is 1.76. The summed E-state index contributed by atoms with van der Waals surface area (Å²) in [7, 11) is 5.17. The van der Waals surface area contributed by atoms with E-state index in [2.05, 4.69) is 10.4 Å². The minimum Gasteiger partial charge on any atom is -0.493 e. The predicted octanol–water partition coefficient (Wildman–Crippen LogP) is 2.05. The number of methoxy groups -OCH3 is 2. The summed E-state index contributed by atoms with van der Waals surface area (Å²) >= 11 is 0. The van der Waals surface area contributed by atoms with Gasteiger partial charge in [0.15, 0.2) is 11.5 Å². The molecule has 0 radical (unpaired) electrons. The normalized spacial score (nSPS) is 10.2. The number of benzene rings is 1. The predicted molar refractivity (Wildman–Crippen MR) is 70.1 cm³/mol. The number of ether oxygens (including phenoxy) is 2. The van der Waals surface area contributed by atoms with E-state index < -0.39 is 0 Å². The van der Waals surface area contributed by atoms with Crippen molar-refractivity contribution in [1.29, 1.82) is 0 Å². The van der Waals surface area contributed by atoms with Crippen molar-refractivity contribution in [3.63, 3.8) is 0 Å². The molecule has 0 unspecified atom stereocenters. The van der Waals surface area contributed by atoms with Gasteiger partial charge in [0.1, 0.15) is 5.82 Å². The van der Waals surface area contributed by atoms with Gasteiger partial charge in [-0.25, -0.2) is 0 Å². The number of anilines is 1. The number of nitrogens with one attached hydrogen (secondary N) is 1. The Morgan fingerprint density at radius 3 is 2.67 bits per heavy atom. The van der Waals surface area contributed by atoms with Crippen molar-refractivity contribution in [2.45, 2.75) is 6.54 Å². The zero-order valence-electron chi connectivity index (χ0n) is 10.8. The minimum absolute atomic E-state index is 0.653. The van der Waals surface area contributed by atoms with Gasteiger partial charge in [-0.2, -0.15) is 5.10 Å². The number of aromatic nitrogens is 2. The van der Waals surface area contributed by atoms with Crippen LogP contribution >= 0.6 is 0 Å². The molecule has 0 atom stereocenters. The van der Waals surface area contributed by atoms with Gasteiger partial charge in [0.2, 0.25) is 0 Å². The minimum atomic E-state index is 0.653. The van der Waals surface area contributed by atoms with E-state index in [1.807, 2.05) is 31.3 Å². The first kappa shape index (κ1) is 12.3. The van der Waals surface area contributed by atoms with Gasteiger partial charge in [-0.3, -0.25) is 4.68 Å². The molecule has 0 spiro atoms. The van der Waals surface area contributed by atoms with E-state index in [1.54, 1.807) is 25.1 Å². The Morgan fingerprint density at radius 1 is 1.22 bits per heavy atom. The maximum absolute atomic E-state index is 5.38. The molecule has 0 saturated heterocycles. The number of para-hydroxylation sites is 1. The summed E-state index contributed by atoms with van der Waals surface area (Å²) in [5, 5.41) is 7.40. The summed E-state index contributed by atoms with van der Waals surface area (Å²) in [5.74, 6) is 2.45. The molecule has 0 aliphatic carbocycles. The molecule has 0 amide bonds. The van der Waals surface area contributed by atoms with Crippen molar-refractivity contribution in [2.24, 2.45) is 7.05 Å². The first-order valence-electron chi connectivity index (χ1n) is 5.68. The van der Waals surface area contributed by atoms with E-state index in [0.717, 1.165) is 22.9 Å². The molecule has 0 fully saturated rings. The molecular formula is C13H17N3O2. The third-order valence-electron chi connectivity index (χ3n) is 2.77. The summed E-state index contributed by atoms with van der Waals surface area (Å²) in [6, 6.07) is 7.76. The maximum atomic E-state index is 5.38. The third-order valence-corrected chi connectivity index (χ3v) is 2.77. The van der Waals surface area contributed by atoms with Crippen LogP contribution in [0.4, 0.5) is 5.82 Å².